The molecule has 0 radical (unpaired) electrons. The van der Waals surface area contributed by atoms with Crippen LogP contribution in [0.1, 0.15) is 19.3 Å². The number of carbonyl (C=O) groups is 1. The number of carboxylic acid groups (broad SMARTS) is 1. The van der Waals surface area contributed by atoms with Crippen LogP contribution in [0, 0.1) is 5.41 Å². The monoisotopic (exact) mass is 280 g/mol. The third-order valence-corrected chi connectivity index (χ3v) is 5.02. The van der Waals surface area contributed by atoms with E-state index in [9.17, 15) is 18.3 Å². The molecular weight excluding hydrogens is 260 g/mol. The number of ether oxygens (including phenoxy) is 2. The zero-order valence-electron chi connectivity index (χ0n) is 10.6. The third kappa shape index (κ3) is 4.22. The lowest BCUT2D eigenvalue weighted by Gasteiger charge is -2.21. The van der Waals surface area contributed by atoms with Gasteiger partial charge in [-0.25, -0.2) is 8.42 Å². The summed E-state index contributed by atoms with van der Waals surface area (Å²) in [6, 6.07) is 0. The molecule has 1 rings (SSSR count). The van der Waals surface area contributed by atoms with Gasteiger partial charge in [-0.1, -0.05) is 0 Å². The van der Waals surface area contributed by atoms with Crippen LogP contribution in [0.2, 0.25) is 0 Å². The lowest BCUT2D eigenvalue weighted by molar-refractivity contribution is -0.148. The van der Waals surface area contributed by atoms with Crippen LogP contribution in [-0.2, 0) is 24.1 Å². The number of methoxy groups -OCH3 is 1. The number of carboxylic acids is 1. The summed E-state index contributed by atoms with van der Waals surface area (Å²) >= 11 is 0. The maximum atomic E-state index is 11.4. The van der Waals surface area contributed by atoms with E-state index in [1.165, 1.54) is 0 Å². The van der Waals surface area contributed by atoms with Crippen molar-refractivity contribution in [3.8, 4) is 0 Å². The fourth-order valence-electron chi connectivity index (χ4n) is 2.06. The van der Waals surface area contributed by atoms with Gasteiger partial charge in [-0.05, 0) is 19.3 Å². The van der Waals surface area contributed by atoms with Crippen molar-refractivity contribution < 1.29 is 27.8 Å². The van der Waals surface area contributed by atoms with Gasteiger partial charge in [0.15, 0.2) is 9.84 Å². The van der Waals surface area contributed by atoms with E-state index in [0.717, 1.165) is 6.42 Å². The van der Waals surface area contributed by atoms with E-state index in [0.29, 0.717) is 13.2 Å². The molecule has 1 atom stereocenters. The predicted octanol–water partition coefficient (Wildman–Crippen LogP) is 0.319. The van der Waals surface area contributed by atoms with E-state index >= 15 is 0 Å². The minimum Gasteiger partial charge on any atom is -0.481 e. The minimum atomic E-state index is -3.21. The molecule has 0 bridgehead atoms. The van der Waals surface area contributed by atoms with E-state index in [1.807, 2.05) is 0 Å². The maximum Gasteiger partial charge on any atom is 0.310 e. The Labute approximate surface area is 107 Å². The van der Waals surface area contributed by atoms with Crippen LogP contribution in [-0.4, -0.2) is 57.9 Å². The molecular formula is C11H20O6S. The summed E-state index contributed by atoms with van der Waals surface area (Å²) in [5.41, 5.74) is -1.15. The molecule has 1 aliphatic heterocycles. The average molecular weight is 280 g/mol. The van der Waals surface area contributed by atoms with Gasteiger partial charge >= 0.3 is 5.97 Å². The molecule has 0 aromatic rings. The van der Waals surface area contributed by atoms with Crippen molar-refractivity contribution in [3.05, 3.63) is 0 Å². The molecule has 1 saturated heterocycles. The Hall–Kier alpha value is -0.660. The molecule has 0 saturated carbocycles. The second-order valence-corrected chi connectivity index (χ2v) is 6.82. The molecule has 0 aromatic carbocycles. The highest BCUT2D eigenvalue weighted by molar-refractivity contribution is 7.91. The quantitative estimate of drug-likeness (QED) is 0.644. The lowest BCUT2D eigenvalue weighted by atomic mass is 9.84. The number of hydrogen-bond acceptors (Lipinski definition) is 5. The summed E-state index contributed by atoms with van der Waals surface area (Å²) < 4.78 is 33.0. The SMILES string of the molecule is COCCCOCCC1(C(=O)O)CCS(=O)(=O)C1. The average Bonchev–Trinajstić information content (AvgIpc) is 2.61. The zero-order chi connectivity index (χ0) is 13.6. The number of rotatable bonds is 8. The van der Waals surface area contributed by atoms with Crippen LogP contribution in [0.3, 0.4) is 0 Å². The zero-order valence-corrected chi connectivity index (χ0v) is 11.4. The van der Waals surface area contributed by atoms with Gasteiger partial charge in [0.2, 0.25) is 0 Å². The number of sulfone groups is 1. The van der Waals surface area contributed by atoms with Gasteiger partial charge in [0.1, 0.15) is 0 Å². The second-order valence-electron chi connectivity index (χ2n) is 4.64. The highest BCUT2D eigenvalue weighted by atomic mass is 32.2. The molecule has 0 aliphatic carbocycles. The molecule has 1 heterocycles. The van der Waals surface area contributed by atoms with Crippen LogP contribution < -0.4 is 0 Å². The Morgan fingerprint density at radius 3 is 2.56 bits per heavy atom. The first-order chi connectivity index (χ1) is 8.42. The smallest absolute Gasteiger partial charge is 0.310 e. The molecule has 0 spiro atoms. The molecule has 0 aromatic heterocycles. The molecule has 7 heteroatoms. The van der Waals surface area contributed by atoms with Crippen LogP contribution in [0.25, 0.3) is 0 Å². The first kappa shape index (κ1) is 15.4. The van der Waals surface area contributed by atoms with E-state index in [-0.39, 0.29) is 31.0 Å². The van der Waals surface area contributed by atoms with Gasteiger partial charge in [-0.3, -0.25) is 4.79 Å². The lowest BCUT2D eigenvalue weighted by Crippen LogP contribution is -2.33. The van der Waals surface area contributed by atoms with Gasteiger partial charge in [0, 0.05) is 26.9 Å². The molecule has 6 nitrogen and oxygen atoms in total. The highest BCUT2D eigenvalue weighted by Crippen LogP contribution is 2.36. The van der Waals surface area contributed by atoms with Crippen molar-refractivity contribution in [3.63, 3.8) is 0 Å². The van der Waals surface area contributed by atoms with Gasteiger partial charge in [-0.15, -0.1) is 0 Å². The van der Waals surface area contributed by atoms with Crippen molar-refractivity contribution in [2.24, 2.45) is 5.41 Å². The summed E-state index contributed by atoms with van der Waals surface area (Å²) in [6.07, 6.45) is 1.18. The minimum absolute atomic E-state index is 0.0387. The summed E-state index contributed by atoms with van der Waals surface area (Å²) in [6.45, 7) is 1.36. The fraction of sp³-hybridized carbons (Fsp3) is 0.909. The molecule has 106 valence electrons. The molecule has 1 fully saturated rings. The normalized spacial score (nSPS) is 26.3. The maximum absolute atomic E-state index is 11.4. The first-order valence-electron chi connectivity index (χ1n) is 5.92. The Morgan fingerprint density at radius 2 is 2.06 bits per heavy atom. The summed E-state index contributed by atoms with van der Waals surface area (Å²) in [4.78, 5) is 11.2. The number of aliphatic carboxylic acids is 1. The van der Waals surface area contributed by atoms with E-state index in [4.69, 9.17) is 9.47 Å². The molecule has 18 heavy (non-hydrogen) atoms. The number of hydrogen-bond donors (Lipinski definition) is 1. The second kappa shape index (κ2) is 6.49. The van der Waals surface area contributed by atoms with Crippen molar-refractivity contribution in [2.45, 2.75) is 19.3 Å². The molecule has 1 N–H and O–H groups in total. The van der Waals surface area contributed by atoms with Gasteiger partial charge in [0.05, 0.1) is 16.9 Å². The topological polar surface area (TPSA) is 89.9 Å². The fourth-order valence-corrected chi connectivity index (χ4v) is 4.16. The Morgan fingerprint density at radius 1 is 1.33 bits per heavy atom. The summed E-state index contributed by atoms with van der Waals surface area (Å²) in [7, 11) is -1.61. The highest BCUT2D eigenvalue weighted by Gasteiger charge is 2.47. The molecule has 0 amide bonds. The predicted molar refractivity (Wildman–Crippen MR) is 65.3 cm³/mol. The van der Waals surface area contributed by atoms with Crippen LogP contribution >= 0.6 is 0 Å². The van der Waals surface area contributed by atoms with Gasteiger partial charge in [0.25, 0.3) is 0 Å². The summed E-state index contributed by atoms with van der Waals surface area (Å²) in [5, 5.41) is 9.20. The Kier molecular flexibility index (Phi) is 5.55. The van der Waals surface area contributed by atoms with Crippen LogP contribution in [0.4, 0.5) is 0 Å². The van der Waals surface area contributed by atoms with E-state index in [1.54, 1.807) is 7.11 Å². The van der Waals surface area contributed by atoms with Crippen LogP contribution in [0.15, 0.2) is 0 Å². The Balaban J connectivity index is 2.39. The standard InChI is InChI=1S/C11H20O6S/c1-16-5-2-6-17-7-3-11(10(12)13)4-8-18(14,15)9-11/h2-9H2,1H3,(H,12,13). The Bertz CT molecular complexity index is 377. The third-order valence-electron chi connectivity index (χ3n) is 3.20. The van der Waals surface area contributed by atoms with E-state index < -0.39 is 21.2 Å². The molecule has 1 aliphatic rings. The van der Waals surface area contributed by atoms with Crippen molar-refractivity contribution in [1.82, 2.24) is 0 Å². The summed E-state index contributed by atoms with van der Waals surface area (Å²) in [5.74, 6) is -1.34. The van der Waals surface area contributed by atoms with Gasteiger partial charge < -0.3 is 14.6 Å². The van der Waals surface area contributed by atoms with Crippen LogP contribution in [0.5, 0.6) is 0 Å². The molecule has 1 unspecified atom stereocenters. The van der Waals surface area contributed by atoms with Crippen molar-refractivity contribution in [1.29, 1.82) is 0 Å². The van der Waals surface area contributed by atoms with Gasteiger partial charge in [-0.2, -0.15) is 0 Å². The van der Waals surface area contributed by atoms with Crippen molar-refractivity contribution >= 4 is 15.8 Å². The van der Waals surface area contributed by atoms with Crippen molar-refractivity contribution in [2.75, 3.05) is 38.4 Å². The first-order valence-corrected chi connectivity index (χ1v) is 7.74. The largest absolute Gasteiger partial charge is 0.481 e. The van der Waals surface area contributed by atoms with E-state index in [2.05, 4.69) is 0 Å².